The van der Waals surface area contributed by atoms with E-state index in [0.717, 1.165) is 12.3 Å². The summed E-state index contributed by atoms with van der Waals surface area (Å²) in [5.74, 6) is 0.980. The lowest BCUT2D eigenvalue weighted by atomic mass is 9.89. The van der Waals surface area contributed by atoms with Crippen molar-refractivity contribution in [2.24, 2.45) is 0 Å². The van der Waals surface area contributed by atoms with Gasteiger partial charge in [0.15, 0.2) is 0 Å². The van der Waals surface area contributed by atoms with Crippen molar-refractivity contribution >= 4 is 28.7 Å². The van der Waals surface area contributed by atoms with Crippen molar-refractivity contribution in [3.05, 3.63) is 136 Å². The summed E-state index contributed by atoms with van der Waals surface area (Å²) in [4.78, 5) is 3.82. The number of hydrogen-bond donors (Lipinski definition) is 0. The Hall–Kier alpha value is -3.23. The maximum absolute atomic E-state index is 2.46. The Kier molecular flexibility index (Phi) is 5.64. The molecule has 1 heterocycles. The summed E-state index contributed by atoms with van der Waals surface area (Å²) in [6, 6.07) is 39.1. The smallest absolute Gasteiger partial charge is 0.0494 e. The molecule has 0 unspecified atom stereocenters. The van der Waals surface area contributed by atoms with Crippen molar-refractivity contribution in [2.75, 3.05) is 4.90 Å². The average molecular weight is 420 g/mol. The Bertz CT molecular complexity index is 1160. The fraction of sp³-hybridized carbons (Fsp3) is 0.103. The summed E-state index contributed by atoms with van der Waals surface area (Å²) in [5, 5.41) is 0. The highest BCUT2D eigenvalue weighted by molar-refractivity contribution is 8.02. The highest BCUT2D eigenvalue weighted by atomic mass is 32.2. The molecule has 0 atom stereocenters. The Morgan fingerprint density at radius 2 is 1.10 bits per heavy atom. The van der Waals surface area contributed by atoms with Crippen molar-refractivity contribution < 1.29 is 0 Å². The molecule has 0 saturated carbocycles. The zero-order valence-electron chi connectivity index (χ0n) is 17.7. The molecule has 1 aliphatic heterocycles. The zero-order chi connectivity index (χ0) is 21.0. The first-order valence-corrected chi connectivity index (χ1v) is 11.7. The van der Waals surface area contributed by atoms with Crippen LogP contribution in [0.2, 0.25) is 0 Å². The minimum Gasteiger partial charge on any atom is -0.336 e. The van der Waals surface area contributed by atoms with Gasteiger partial charge in [0.1, 0.15) is 0 Å². The molecule has 0 N–H and O–H groups in total. The molecule has 2 heteroatoms. The summed E-state index contributed by atoms with van der Waals surface area (Å²) in [5.41, 5.74) is 9.21. The highest BCUT2D eigenvalue weighted by Gasteiger charge is 2.27. The molecule has 152 valence electrons. The number of hydrogen-bond acceptors (Lipinski definition) is 2. The Labute approximate surface area is 189 Å². The van der Waals surface area contributed by atoms with Crippen LogP contribution in [-0.4, -0.2) is 0 Å². The summed E-state index contributed by atoms with van der Waals surface area (Å²) < 4.78 is 0. The van der Waals surface area contributed by atoms with E-state index >= 15 is 0 Å². The van der Waals surface area contributed by atoms with Crippen LogP contribution in [0.5, 0.6) is 0 Å². The number of fused-ring (bicyclic) bond motifs is 2. The number of allylic oxidation sites excluding steroid dienone is 1. The van der Waals surface area contributed by atoms with Gasteiger partial charge in [-0.3, -0.25) is 0 Å². The first-order chi connectivity index (χ1) is 15.3. The van der Waals surface area contributed by atoms with E-state index in [0.29, 0.717) is 0 Å². The van der Waals surface area contributed by atoms with E-state index in [1.165, 1.54) is 44.1 Å². The van der Waals surface area contributed by atoms with E-state index in [2.05, 4.69) is 121 Å². The molecular formula is C29H25NS. The molecule has 0 aromatic heterocycles. The average Bonchev–Trinajstić information content (AvgIpc) is 2.84. The minimum absolute atomic E-state index is 0.859. The van der Waals surface area contributed by atoms with Gasteiger partial charge in [-0.1, -0.05) is 97.1 Å². The van der Waals surface area contributed by atoms with E-state index in [4.69, 9.17) is 0 Å². The third kappa shape index (κ3) is 4.04. The molecule has 0 aliphatic carbocycles. The molecular weight excluding hydrogens is 394 g/mol. The molecule has 5 rings (SSSR count). The second-order valence-electron chi connectivity index (χ2n) is 7.81. The van der Waals surface area contributed by atoms with E-state index < -0.39 is 0 Å². The Morgan fingerprint density at radius 3 is 1.68 bits per heavy atom. The first kappa shape index (κ1) is 19.7. The third-order valence-electron chi connectivity index (χ3n) is 5.76. The lowest BCUT2D eigenvalue weighted by Gasteiger charge is -2.35. The SMILES string of the molecule is CC(SCc1ccccc1)=C1c2ccccc2N(Cc2ccccc2)c2ccccc21. The third-order valence-corrected chi connectivity index (χ3v) is 6.88. The summed E-state index contributed by atoms with van der Waals surface area (Å²) in [6.07, 6.45) is 0. The van der Waals surface area contributed by atoms with Crippen molar-refractivity contribution in [3.63, 3.8) is 0 Å². The van der Waals surface area contributed by atoms with Crippen LogP contribution in [0.3, 0.4) is 0 Å². The van der Waals surface area contributed by atoms with Crippen LogP contribution in [0, 0.1) is 0 Å². The minimum atomic E-state index is 0.859. The van der Waals surface area contributed by atoms with Gasteiger partial charge in [0.25, 0.3) is 0 Å². The highest BCUT2D eigenvalue weighted by Crippen LogP contribution is 2.48. The van der Waals surface area contributed by atoms with Crippen molar-refractivity contribution in [2.45, 2.75) is 19.2 Å². The molecule has 0 bridgehead atoms. The van der Waals surface area contributed by atoms with Crippen LogP contribution in [-0.2, 0) is 12.3 Å². The molecule has 0 fully saturated rings. The van der Waals surface area contributed by atoms with Gasteiger partial charge in [-0.05, 0) is 35.1 Å². The van der Waals surface area contributed by atoms with Crippen LogP contribution >= 0.6 is 11.8 Å². The van der Waals surface area contributed by atoms with Crippen LogP contribution in [0.25, 0.3) is 5.57 Å². The van der Waals surface area contributed by atoms with Crippen LogP contribution in [0.1, 0.15) is 29.2 Å². The fourth-order valence-electron chi connectivity index (χ4n) is 4.27. The molecule has 4 aromatic carbocycles. The summed E-state index contributed by atoms with van der Waals surface area (Å²) >= 11 is 1.93. The molecule has 0 amide bonds. The number of anilines is 2. The number of para-hydroxylation sites is 2. The normalized spacial score (nSPS) is 12.3. The van der Waals surface area contributed by atoms with Crippen molar-refractivity contribution in [1.29, 1.82) is 0 Å². The zero-order valence-corrected chi connectivity index (χ0v) is 18.5. The summed E-state index contributed by atoms with van der Waals surface area (Å²) in [7, 11) is 0. The lowest BCUT2D eigenvalue weighted by Crippen LogP contribution is -2.22. The van der Waals surface area contributed by atoms with Gasteiger partial charge in [-0.15, -0.1) is 11.8 Å². The molecule has 0 radical (unpaired) electrons. The second-order valence-corrected chi connectivity index (χ2v) is 9.00. The quantitative estimate of drug-likeness (QED) is 0.322. The van der Waals surface area contributed by atoms with Gasteiger partial charge < -0.3 is 4.90 Å². The topological polar surface area (TPSA) is 3.24 Å². The second kappa shape index (κ2) is 8.87. The number of rotatable bonds is 5. The van der Waals surface area contributed by atoms with E-state index in [9.17, 15) is 0 Å². The predicted octanol–water partition coefficient (Wildman–Crippen LogP) is 8.05. The predicted molar refractivity (Wildman–Crippen MR) is 135 cm³/mol. The van der Waals surface area contributed by atoms with Crippen LogP contribution in [0.15, 0.2) is 114 Å². The number of thioether (sulfide) groups is 1. The van der Waals surface area contributed by atoms with Crippen LogP contribution in [0.4, 0.5) is 11.4 Å². The summed E-state index contributed by atoms with van der Waals surface area (Å²) in [6.45, 7) is 3.13. The maximum Gasteiger partial charge on any atom is 0.0494 e. The van der Waals surface area contributed by atoms with Crippen molar-refractivity contribution in [3.8, 4) is 0 Å². The van der Waals surface area contributed by atoms with Gasteiger partial charge in [-0.25, -0.2) is 0 Å². The molecule has 0 spiro atoms. The van der Waals surface area contributed by atoms with Gasteiger partial charge in [-0.2, -0.15) is 0 Å². The Balaban J connectivity index is 1.58. The van der Waals surface area contributed by atoms with Gasteiger partial charge in [0.05, 0.1) is 0 Å². The van der Waals surface area contributed by atoms with Gasteiger partial charge in [0.2, 0.25) is 0 Å². The van der Waals surface area contributed by atoms with E-state index in [-0.39, 0.29) is 0 Å². The standard InChI is InChI=1S/C29H25NS/c1-22(31-21-24-14-6-3-7-15-24)29-25-16-8-10-18-27(25)30(20-23-12-4-2-5-13-23)28-19-11-9-17-26(28)29/h2-19H,20-21H2,1H3. The molecule has 4 aromatic rings. The van der Waals surface area contributed by atoms with Crippen LogP contribution < -0.4 is 4.90 Å². The number of nitrogens with zero attached hydrogens (tertiary/aromatic N) is 1. The Morgan fingerprint density at radius 1 is 0.613 bits per heavy atom. The lowest BCUT2D eigenvalue weighted by molar-refractivity contribution is 0.963. The van der Waals surface area contributed by atoms with Gasteiger partial charge in [0, 0.05) is 40.4 Å². The molecule has 0 saturated heterocycles. The molecule has 1 aliphatic rings. The van der Waals surface area contributed by atoms with E-state index in [1.54, 1.807) is 0 Å². The van der Waals surface area contributed by atoms with Gasteiger partial charge >= 0.3 is 0 Å². The monoisotopic (exact) mass is 419 g/mol. The maximum atomic E-state index is 2.46. The van der Waals surface area contributed by atoms with E-state index in [1.807, 2.05) is 11.8 Å². The van der Waals surface area contributed by atoms with Crippen molar-refractivity contribution in [1.82, 2.24) is 0 Å². The number of benzene rings is 4. The molecule has 1 nitrogen and oxygen atoms in total. The fourth-order valence-corrected chi connectivity index (χ4v) is 5.21. The first-order valence-electron chi connectivity index (χ1n) is 10.7. The largest absolute Gasteiger partial charge is 0.336 e. The molecule has 31 heavy (non-hydrogen) atoms.